The van der Waals surface area contributed by atoms with E-state index in [1.807, 2.05) is 12.1 Å². The summed E-state index contributed by atoms with van der Waals surface area (Å²) in [6.45, 7) is 0. The third-order valence-electron chi connectivity index (χ3n) is 3.21. The van der Waals surface area contributed by atoms with E-state index in [0.29, 0.717) is 11.3 Å². The van der Waals surface area contributed by atoms with Crippen LogP contribution >= 0.6 is 0 Å². The van der Waals surface area contributed by atoms with Crippen molar-refractivity contribution in [1.29, 1.82) is 0 Å². The number of hydrogen-bond donors (Lipinski definition) is 1. The van der Waals surface area contributed by atoms with E-state index in [9.17, 15) is 8.42 Å². The molecule has 1 aromatic heterocycles. The highest BCUT2D eigenvalue weighted by Crippen LogP contribution is 2.33. The topological polar surface area (TPSA) is 72.0 Å². The number of hydrogen-bond acceptors (Lipinski definition) is 5. The van der Waals surface area contributed by atoms with Crippen LogP contribution in [0.1, 0.15) is 18.0 Å². The molecule has 0 fully saturated rings. The van der Waals surface area contributed by atoms with E-state index in [4.69, 9.17) is 0 Å². The van der Waals surface area contributed by atoms with Gasteiger partial charge in [-0.2, -0.15) is 0 Å². The number of sulfone groups is 1. The average Bonchev–Trinajstić information content (AvgIpc) is 2.44. The van der Waals surface area contributed by atoms with Crippen LogP contribution in [-0.2, 0) is 9.84 Å². The van der Waals surface area contributed by atoms with E-state index in [2.05, 4.69) is 15.3 Å². The van der Waals surface area contributed by atoms with Crippen LogP contribution in [0.15, 0.2) is 47.9 Å². The summed E-state index contributed by atoms with van der Waals surface area (Å²) in [5.74, 6) is 0.162. The Labute approximate surface area is 111 Å². The van der Waals surface area contributed by atoms with Gasteiger partial charge in [-0.3, -0.25) is 0 Å². The number of nitrogens with one attached hydrogen (secondary N) is 1. The van der Waals surface area contributed by atoms with E-state index < -0.39 is 9.84 Å². The van der Waals surface area contributed by atoms with Gasteiger partial charge in [0, 0.05) is 0 Å². The molecule has 0 saturated carbocycles. The monoisotopic (exact) mass is 275 g/mol. The van der Waals surface area contributed by atoms with Crippen molar-refractivity contribution in [2.75, 3.05) is 11.1 Å². The first-order valence-corrected chi connectivity index (χ1v) is 7.65. The smallest absolute Gasteiger partial charge is 0.178 e. The largest absolute Gasteiger partial charge is 0.376 e. The molecular formula is C13H13N3O2S. The number of rotatable bonds is 2. The van der Waals surface area contributed by atoms with Crippen LogP contribution < -0.4 is 5.32 Å². The Kier molecular flexibility index (Phi) is 2.94. The predicted octanol–water partition coefficient (Wildman–Crippen LogP) is 1.81. The minimum atomic E-state index is -3.14. The molecule has 6 heteroatoms. The Morgan fingerprint density at radius 2 is 1.89 bits per heavy atom. The molecule has 1 aliphatic rings. The van der Waals surface area contributed by atoms with Gasteiger partial charge in [0.05, 0.1) is 34.8 Å². The van der Waals surface area contributed by atoms with Gasteiger partial charge in [0.25, 0.3) is 0 Å². The van der Waals surface area contributed by atoms with Crippen molar-refractivity contribution in [2.45, 2.75) is 17.4 Å². The van der Waals surface area contributed by atoms with Gasteiger partial charge >= 0.3 is 0 Å². The molecule has 2 aromatic rings. The molecule has 1 aliphatic heterocycles. The third kappa shape index (κ3) is 2.31. The molecule has 1 aromatic carbocycles. The lowest BCUT2D eigenvalue weighted by Crippen LogP contribution is -2.24. The molecule has 1 atom stereocenters. The molecule has 1 unspecified atom stereocenters. The highest BCUT2D eigenvalue weighted by atomic mass is 32.2. The lowest BCUT2D eigenvalue weighted by Gasteiger charge is -2.26. The molecule has 0 spiro atoms. The van der Waals surface area contributed by atoms with E-state index in [-0.39, 0.29) is 11.8 Å². The third-order valence-corrected chi connectivity index (χ3v) is 5.02. The Hall–Kier alpha value is -1.95. The molecule has 1 N–H and O–H groups in total. The van der Waals surface area contributed by atoms with Gasteiger partial charge in [-0.25, -0.2) is 18.4 Å². The highest BCUT2D eigenvalue weighted by Gasteiger charge is 2.29. The molecule has 0 radical (unpaired) electrons. The van der Waals surface area contributed by atoms with Crippen LogP contribution in [0, 0.1) is 0 Å². The minimum Gasteiger partial charge on any atom is -0.376 e. The first-order chi connectivity index (χ1) is 9.17. The second-order valence-electron chi connectivity index (χ2n) is 4.47. The molecule has 0 aliphatic carbocycles. The molecule has 0 saturated heterocycles. The molecule has 3 rings (SSSR count). The molecule has 2 heterocycles. The number of nitrogens with zero attached hydrogens (tertiary/aromatic N) is 2. The fourth-order valence-electron chi connectivity index (χ4n) is 2.31. The van der Waals surface area contributed by atoms with Crippen LogP contribution in [0.25, 0.3) is 0 Å². The summed E-state index contributed by atoms with van der Waals surface area (Å²) in [6.07, 6.45) is 5.37. The normalized spacial score (nSPS) is 20.5. The zero-order chi connectivity index (χ0) is 13.3. The first-order valence-electron chi connectivity index (χ1n) is 6.00. The summed E-state index contributed by atoms with van der Waals surface area (Å²) in [7, 11) is -3.14. The van der Waals surface area contributed by atoms with E-state index >= 15 is 0 Å². The summed E-state index contributed by atoms with van der Waals surface area (Å²) >= 11 is 0. The Morgan fingerprint density at radius 1 is 1.16 bits per heavy atom. The van der Waals surface area contributed by atoms with Crippen LogP contribution in [0.2, 0.25) is 0 Å². The van der Waals surface area contributed by atoms with E-state index in [0.717, 1.165) is 11.3 Å². The zero-order valence-electron chi connectivity index (χ0n) is 10.2. The van der Waals surface area contributed by atoms with Gasteiger partial charge in [0.1, 0.15) is 6.33 Å². The number of benzene rings is 1. The first kappa shape index (κ1) is 12.1. The van der Waals surface area contributed by atoms with Crippen molar-refractivity contribution in [3.05, 3.63) is 48.5 Å². The van der Waals surface area contributed by atoms with Gasteiger partial charge in [-0.05, 0) is 18.1 Å². The number of fused-ring (bicyclic) bond motifs is 1. The Balaban J connectivity index is 1.97. The summed E-state index contributed by atoms with van der Waals surface area (Å²) in [4.78, 5) is 8.31. The predicted molar refractivity (Wildman–Crippen MR) is 71.5 cm³/mol. The number of anilines is 1. The standard InChI is InChI=1S/C13H13N3O2S/c17-19(18)6-5-12(11-3-1-2-4-13(11)19)16-10-7-14-9-15-8-10/h1-4,7-9,12,16H,5-6H2. The lowest BCUT2D eigenvalue weighted by atomic mass is 10.0. The average molecular weight is 275 g/mol. The number of aromatic nitrogens is 2. The second kappa shape index (κ2) is 4.62. The summed E-state index contributed by atoms with van der Waals surface area (Å²) < 4.78 is 24.0. The van der Waals surface area contributed by atoms with Crippen molar-refractivity contribution >= 4 is 15.5 Å². The fraction of sp³-hybridized carbons (Fsp3) is 0.231. The molecule has 19 heavy (non-hydrogen) atoms. The molecule has 98 valence electrons. The minimum absolute atomic E-state index is 0.0225. The molecule has 5 nitrogen and oxygen atoms in total. The molecule has 0 bridgehead atoms. The highest BCUT2D eigenvalue weighted by molar-refractivity contribution is 7.91. The van der Waals surface area contributed by atoms with Crippen molar-refractivity contribution in [2.24, 2.45) is 0 Å². The maximum atomic E-state index is 12.0. The summed E-state index contributed by atoms with van der Waals surface area (Å²) in [5.41, 5.74) is 1.61. The van der Waals surface area contributed by atoms with Gasteiger partial charge in [0.15, 0.2) is 9.84 Å². The van der Waals surface area contributed by atoms with Gasteiger partial charge in [-0.15, -0.1) is 0 Å². The fourth-order valence-corrected chi connectivity index (χ4v) is 3.94. The summed E-state index contributed by atoms with van der Waals surface area (Å²) in [6, 6.07) is 7.11. The van der Waals surface area contributed by atoms with Crippen molar-refractivity contribution in [3.63, 3.8) is 0 Å². The summed E-state index contributed by atoms with van der Waals surface area (Å²) in [5, 5.41) is 3.29. The SMILES string of the molecule is O=S1(=O)CCC(Nc2cncnc2)c2ccccc21. The molecular weight excluding hydrogens is 262 g/mol. The Morgan fingerprint density at radius 3 is 2.68 bits per heavy atom. The van der Waals surface area contributed by atoms with Crippen LogP contribution in [0.3, 0.4) is 0 Å². The van der Waals surface area contributed by atoms with E-state index in [1.54, 1.807) is 24.5 Å². The van der Waals surface area contributed by atoms with Gasteiger partial charge < -0.3 is 5.32 Å². The maximum absolute atomic E-state index is 12.0. The van der Waals surface area contributed by atoms with Crippen molar-refractivity contribution < 1.29 is 8.42 Å². The van der Waals surface area contributed by atoms with Gasteiger partial charge in [-0.1, -0.05) is 18.2 Å². The van der Waals surface area contributed by atoms with E-state index in [1.165, 1.54) is 6.33 Å². The van der Waals surface area contributed by atoms with Gasteiger partial charge in [0.2, 0.25) is 0 Å². The maximum Gasteiger partial charge on any atom is 0.178 e. The van der Waals surface area contributed by atoms with Crippen LogP contribution in [-0.4, -0.2) is 24.1 Å². The Bertz CT molecular complexity index is 686. The van der Waals surface area contributed by atoms with Crippen molar-refractivity contribution in [3.8, 4) is 0 Å². The quantitative estimate of drug-likeness (QED) is 0.905. The van der Waals surface area contributed by atoms with Crippen LogP contribution in [0.4, 0.5) is 5.69 Å². The molecule has 0 amide bonds. The second-order valence-corrected chi connectivity index (χ2v) is 6.55. The van der Waals surface area contributed by atoms with Crippen LogP contribution in [0.5, 0.6) is 0 Å². The van der Waals surface area contributed by atoms with Crippen molar-refractivity contribution in [1.82, 2.24) is 9.97 Å². The lowest BCUT2D eigenvalue weighted by molar-refractivity contribution is 0.576. The zero-order valence-corrected chi connectivity index (χ0v) is 11.0.